The van der Waals surface area contributed by atoms with E-state index in [0.717, 1.165) is 12.0 Å². The predicted octanol–water partition coefficient (Wildman–Crippen LogP) is 1.48. The Balaban J connectivity index is 2.66. The molecule has 0 aliphatic rings. The maximum Gasteiger partial charge on any atom is 0.337 e. The van der Waals surface area contributed by atoms with Gasteiger partial charge in [0, 0.05) is 6.07 Å². The summed E-state index contributed by atoms with van der Waals surface area (Å²) in [4.78, 5) is 29.9. The highest BCUT2D eigenvalue weighted by atomic mass is 32.2. The first-order valence-corrected chi connectivity index (χ1v) is 6.26. The monoisotopic (exact) mass is 268 g/mol. The Morgan fingerprint density at radius 1 is 1.44 bits per heavy atom. The normalized spacial score (nSPS) is 11.0. The Bertz CT molecular complexity index is 677. The number of H-pyrrole nitrogens is 1. The quantitative estimate of drug-likeness (QED) is 0.667. The van der Waals surface area contributed by atoms with Gasteiger partial charge in [-0.05, 0) is 18.9 Å². The van der Waals surface area contributed by atoms with Crippen LogP contribution in [-0.4, -0.2) is 16.6 Å². The molecule has 0 unspecified atom stereocenters. The highest BCUT2D eigenvalue weighted by Gasteiger charge is 2.11. The fourth-order valence-corrected chi connectivity index (χ4v) is 2.05. The third-order valence-electron chi connectivity index (χ3n) is 2.31. The fourth-order valence-electron chi connectivity index (χ4n) is 1.56. The molecule has 2 heterocycles. The minimum atomic E-state index is -0.509. The van der Waals surface area contributed by atoms with Crippen molar-refractivity contribution in [2.75, 3.05) is 6.61 Å². The molecule has 2 aromatic rings. The molecular formula is C11H12N2O4S. The van der Waals surface area contributed by atoms with E-state index in [2.05, 4.69) is 9.97 Å². The highest BCUT2D eigenvalue weighted by Crippen LogP contribution is 2.16. The van der Waals surface area contributed by atoms with Gasteiger partial charge in [0.1, 0.15) is 5.39 Å². The van der Waals surface area contributed by atoms with Crippen LogP contribution in [0.15, 0.2) is 25.2 Å². The molecular weight excluding hydrogens is 256 g/mol. The van der Waals surface area contributed by atoms with Crippen molar-refractivity contribution in [3.63, 3.8) is 0 Å². The molecule has 1 N–H and O–H groups in total. The van der Waals surface area contributed by atoms with Crippen molar-refractivity contribution in [3.8, 4) is 0 Å². The van der Waals surface area contributed by atoms with Gasteiger partial charge in [0.2, 0.25) is 5.71 Å². The number of nitrogens with one attached hydrogen (secondary N) is 1. The molecule has 0 radical (unpaired) electrons. The zero-order chi connectivity index (χ0) is 13.1. The third-order valence-corrected chi connectivity index (χ3v) is 3.02. The van der Waals surface area contributed by atoms with Crippen LogP contribution in [0.2, 0.25) is 0 Å². The van der Waals surface area contributed by atoms with Crippen LogP contribution in [0.4, 0.5) is 0 Å². The number of aromatic amines is 1. The molecule has 0 bridgehead atoms. The molecule has 0 aliphatic carbocycles. The lowest BCUT2D eigenvalue weighted by atomic mass is 10.1. The van der Waals surface area contributed by atoms with E-state index in [4.69, 9.17) is 8.60 Å². The molecule has 0 atom stereocenters. The first-order chi connectivity index (χ1) is 8.65. The summed E-state index contributed by atoms with van der Waals surface area (Å²) in [7, 11) is 0. The number of nitrogens with zero attached hydrogens (tertiary/aromatic N) is 1. The zero-order valence-corrected chi connectivity index (χ0v) is 10.8. The second-order valence-corrected chi connectivity index (χ2v) is 4.27. The lowest BCUT2D eigenvalue weighted by Crippen LogP contribution is -2.14. The lowest BCUT2D eigenvalue weighted by Gasteiger charge is -2.03. The van der Waals surface area contributed by atoms with E-state index in [1.165, 1.54) is 6.07 Å². The van der Waals surface area contributed by atoms with Gasteiger partial charge in [0.15, 0.2) is 5.16 Å². The van der Waals surface area contributed by atoms with E-state index < -0.39 is 5.63 Å². The lowest BCUT2D eigenvalue weighted by molar-refractivity contribution is 0.399. The molecule has 2 aromatic heterocycles. The van der Waals surface area contributed by atoms with Crippen LogP contribution in [0.1, 0.15) is 19.4 Å². The minimum Gasteiger partial charge on any atom is -0.403 e. The maximum absolute atomic E-state index is 11.9. The van der Waals surface area contributed by atoms with Gasteiger partial charge in [-0.15, -0.1) is 0 Å². The van der Waals surface area contributed by atoms with Crippen molar-refractivity contribution in [1.82, 2.24) is 9.97 Å². The van der Waals surface area contributed by atoms with Gasteiger partial charge in [-0.2, -0.15) is 4.98 Å². The van der Waals surface area contributed by atoms with Crippen LogP contribution in [0.3, 0.4) is 0 Å². The Kier molecular flexibility index (Phi) is 3.83. The summed E-state index contributed by atoms with van der Waals surface area (Å²) in [6.07, 6.45) is 0.560. The zero-order valence-electron chi connectivity index (χ0n) is 9.98. The van der Waals surface area contributed by atoms with E-state index in [1.807, 2.05) is 13.8 Å². The van der Waals surface area contributed by atoms with Crippen LogP contribution >= 0.6 is 12.0 Å². The number of fused-ring (bicyclic) bond motifs is 1. The summed E-state index contributed by atoms with van der Waals surface area (Å²) in [5, 5.41) is 0.587. The van der Waals surface area contributed by atoms with Gasteiger partial charge >= 0.3 is 5.63 Å². The summed E-state index contributed by atoms with van der Waals surface area (Å²) in [6, 6.07) is 1.31. The molecule has 7 heteroatoms. The molecule has 2 rings (SSSR count). The highest BCUT2D eigenvalue weighted by molar-refractivity contribution is 7.94. The molecule has 18 heavy (non-hydrogen) atoms. The molecule has 6 nitrogen and oxygen atoms in total. The van der Waals surface area contributed by atoms with E-state index in [-0.39, 0.29) is 16.4 Å². The molecule has 0 fully saturated rings. The first-order valence-electron chi connectivity index (χ1n) is 5.52. The summed E-state index contributed by atoms with van der Waals surface area (Å²) in [6.45, 7) is 4.16. The van der Waals surface area contributed by atoms with E-state index in [1.54, 1.807) is 0 Å². The Morgan fingerprint density at radius 2 is 2.22 bits per heavy atom. The molecule has 0 amide bonds. The molecule has 0 saturated carbocycles. The minimum absolute atomic E-state index is 0.0466. The Hall–Kier alpha value is -1.60. The van der Waals surface area contributed by atoms with E-state index >= 15 is 0 Å². The fraction of sp³-hybridized carbons (Fsp3) is 0.364. The van der Waals surface area contributed by atoms with Gasteiger partial charge in [-0.1, -0.05) is 6.92 Å². The standard InChI is InChI=1S/C11H12N2O4S/c1-3-6-5-7(14)17-10-8(6)9(15)12-11(13-10)18-16-4-2/h5H,3-4H2,1-2H3,(H,12,13,15). The molecule has 0 saturated heterocycles. The van der Waals surface area contributed by atoms with Crippen LogP contribution in [0.5, 0.6) is 0 Å². The van der Waals surface area contributed by atoms with Crippen LogP contribution < -0.4 is 11.2 Å². The average Bonchev–Trinajstić information content (AvgIpc) is 2.34. The number of hydrogen-bond acceptors (Lipinski definition) is 6. The molecule has 0 aromatic carbocycles. The van der Waals surface area contributed by atoms with Crippen molar-refractivity contribution >= 4 is 23.1 Å². The van der Waals surface area contributed by atoms with Gasteiger partial charge < -0.3 is 8.60 Å². The first kappa shape index (κ1) is 12.8. The van der Waals surface area contributed by atoms with Gasteiger partial charge in [-0.25, -0.2) is 4.79 Å². The second kappa shape index (κ2) is 5.36. The van der Waals surface area contributed by atoms with Crippen molar-refractivity contribution in [2.24, 2.45) is 0 Å². The largest absolute Gasteiger partial charge is 0.403 e. The number of aromatic nitrogens is 2. The molecule has 96 valence electrons. The smallest absolute Gasteiger partial charge is 0.337 e. The number of hydrogen-bond donors (Lipinski definition) is 1. The topological polar surface area (TPSA) is 85.2 Å². The number of aryl methyl sites for hydroxylation is 1. The van der Waals surface area contributed by atoms with Crippen molar-refractivity contribution < 1.29 is 8.60 Å². The van der Waals surface area contributed by atoms with Crippen LogP contribution in [0.25, 0.3) is 11.1 Å². The SMILES string of the molecule is CCOSc1nc2oc(=O)cc(CC)c2c(=O)[nH]1. The van der Waals surface area contributed by atoms with E-state index in [9.17, 15) is 9.59 Å². The van der Waals surface area contributed by atoms with Crippen LogP contribution in [0, 0.1) is 0 Å². The summed E-state index contributed by atoms with van der Waals surface area (Å²) in [5.74, 6) is 0. The predicted molar refractivity (Wildman–Crippen MR) is 67.8 cm³/mol. The number of rotatable bonds is 4. The summed E-state index contributed by atoms with van der Waals surface area (Å²) in [5.41, 5.74) is -0.166. The third kappa shape index (κ3) is 2.46. The average molecular weight is 268 g/mol. The summed E-state index contributed by atoms with van der Waals surface area (Å²) >= 11 is 0.940. The molecule has 0 spiro atoms. The van der Waals surface area contributed by atoms with Gasteiger partial charge in [-0.3, -0.25) is 9.78 Å². The molecule has 0 aliphatic heterocycles. The van der Waals surface area contributed by atoms with Crippen molar-refractivity contribution in [3.05, 3.63) is 32.4 Å². The summed E-state index contributed by atoms with van der Waals surface area (Å²) < 4.78 is 10.0. The van der Waals surface area contributed by atoms with E-state index in [0.29, 0.717) is 24.0 Å². The maximum atomic E-state index is 11.9. The van der Waals surface area contributed by atoms with Crippen LogP contribution in [-0.2, 0) is 10.6 Å². The van der Waals surface area contributed by atoms with Gasteiger partial charge in [0.25, 0.3) is 5.56 Å². The Labute approximate surface area is 107 Å². The van der Waals surface area contributed by atoms with Gasteiger partial charge in [0.05, 0.1) is 18.6 Å². The van der Waals surface area contributed by atoms with Crippen molar-refractivity contribution in [2.45, 2.75) is 25.4 Å². The van der Waals surface area contributed by atoms with Crippen molar-refractivity contribution in [1.29, 1.82) is 0 Å². The second-order valence-electron chi connectivity index (χ2n) is 3.49. The Morgan fingerprint density at radius 3 is 2.89 bits per heavy atom.